The lowest BCUT2D eigenvalue weighted by Gasteiger charge is -2.15. The Balaban J connectivity index is 3.56. The highest BCUT2D eigenvalue weighted by Gasteiger charge is 2.07. The smallest absolute Gasteiger partial charge is 0.222 e. The van der Waals surface area contributed by atoms with Gasteiger partial charge in [0, 0.05) is 26.1 Å². The third kappa shape index (κ3) is 4.34. The molecule has 3 nitrogen and oxygen atoms in total. The first-order chi connectivity index (χ1) is 5.61. The Morgan fingerprint density at radius 3 is 2.58 bits per heavy atom. The first kappa shape index (κ1) is 11.4. The molecule has 0 saturated heterocycles. The van der Waals surface area contributed by atoms with Crippen LogP contribution in [0.5, 0.6) is 0 Å². The van der Waals surface area contributed by atoms with E-state index < -0.39 is 0 Å². The van der Waals surface area contributed by atoms with Gasteiger partial charge in [0.15, 0.2) is 0 Å². The van der Waals surface area contributed by atoms with Gasteiger partial charge in [0.25, 0.3) is 0 Å². The fourth-order valence-electron chi connectivity index (χ4n) is 0.852. The standard InChI is InChI=1S/C9H20N2O/c1-5-11(4)9(12)7-6-8(2)10-3/h8,10H,5-7H2,1-4H3. The zero-order valence-corrected chi connectivity index (χ0v) is 8.55. The maximum atomic E-state index is 11.3. The zero-order valence-electron chi connectivity index (χ0n) is 8.55. The van der Waals surface area contributed by atoms with Gasteiger partial charge in [0.1, 0.15) is 0 Å². The molecule has 72 valence electrons. The highest BCUT2D eigenvalue weighted by molar-refractivity contribution is 5.75. The van der Waals surface area contributed by atoms with Gasteiger partial charge in [-0.3, -0.25) is 4.79 Å². The van der Waals surface area contributed by atoms with Crippen molar-refractivity contribution >= 4 is 5.91 Å². The van der Waals surface area contributed by atoms with Gasteiger partial charge in [-0.05, 0) is 27.3 Å². The Bertz CT molecular complexity index is 136. The fraction of sp³-hybridized carbons (Fsp3) is 0.889. The molecule has 1 atom stereocenters. The van der Waals surface area contributed by atoms with Crippen molar-refractivity contribution in [1.29, 1.82) is 0 Å². The SMILES string of the molecule is CCN(C)C(=O)CCC(C)NC. The summed E-state index contributed by atoms with van der Waals surface area (Å²) in [5.41, 5.74) is 0. The van der Waals surface area contributed by atoms with Gasteiger partial charge < -0.3 is 10.2 Å². The summed E-state index contributed by atoms with van der Waals surface area (Å²) in [5, 5.41) is 3.11. The van der Waals surface area contributed by atoms with Gasteiger partial charge in [-0.1, -0.05) is 0 Å². The summed E-state index contributed by atoms with van der Waals surface area (Å²) in [6, 6.07) is 0.430. The fourth-order valence-corrected chi connectivity index (χ4v) is 0.852. The minimum atomic E-state index is 0.236. The first-order valence-electron chi connectivity index (χ1n) is 4.53. The second-order valence-electron chi connectivity index (χ2n) is 3.14. The lowest BCUT2D eigenvalue weighted by atomic mass is 10.2. The van der Waals surface area contributed by atoms with E-state index in [1.54, 1.807) is 4.90 Å². The number of hydrogen-bond acceptors (Lipinski definition) is 2. The lowest BCUT2D eigenvalue weighted by Crippen LogP contribution is -2.29. The number of carbonyl (C=O) groups excluding carboxylic acids is 1. The van der Waals surface area contributed by atoms with E-state index in [1.165, 1.54) is 0 Å². The molecule has 0 saturated carbocycles. The van der Waals surface area contributed by atoms with Crippen LogP contribution in [0, 0.1) is 0 Å². The molecule has 0 aromatic carbocycles. The summed E-state index contributed by atoms with van der Waals surface area (Å²) in [5.74, 6) is 0.236. The van der Waals surface area contributed by atoms with Crippen LogP contribution in [-0.4, -0.2) is 37.5 Å². The van der Waals surface area contributed by atoms with Crippen molar-refractivity contribution in [3.8, 4) is 0 Å². The molecule has 1 unspecified atom stereocenters. The maximum absolute atomic E-state index is 11.3. The average molecular weight is 172 g/mol. The normalized spacial score (nSPS) is 12.7. The molecule has 0 aliphatic heterocycles. The summed E-state index contributed by atoms with van der Waals surface area (Å²) >= 11 is 0. The summed E-state index contributed by atoms with van der Waals surface area (Å²) in [4.78, 5) is 13.0. The van der Waals surface area contributed by atoms with Crippen LogP contribution in [0.4, 0.5) is 0 Å². The minimum Gasteiger partial charge on any atom is -0.346 e. The molecule has 0 bridgehead atoms. The van der Waals surface area contributed by atoms with Gasteiger partial charge >= 0.3 is 0 Å². The Labute approximate surface area is 75.1 Å². The third-order valence-electron chi connectivity index (χ3n) is 2.18. The van der Waals surface area contributed by atoms with Crippen molar-refractivity contribution in [1.82, 2.24) is 10.2 Å². The van der Waals surface area contributed by atoms with E-state index in [9.17, 15) is 4.79 Å². The minimum absolute atomic E-state index is 0.236. The Hall–Kier alpha value is -0.570. The molecule has 0 aromatic heterocycles. The van der Waals surface area contributed by atoms with E-state index in [1.807, 2.05) is 21.0 Å². The molecule has 0 aliphatic carbocycles. The van der Waals surface area contributed by atoms with Gasteiger partial charge in [-0.15, -0.1) is 0 Å². The van der Waals surface area contributed by atoms with Crippen LogP contribution < -0.4 is 5.32 Å². The second-order valence-corrected chi connectivity index (χ2v) is 3.14. The predicted molar refractivity (Wildman–Crippen MR) is 51.1 cm³/mol. The van der Waals surface area contributed by atoms with Gasteiger partial charge in [0.2, 0.25) is 5.91 Å². The van der Waals surface area contributed by atoms with Crippen LogP contribution in [0.3, 0.4) is 0 Å². The lowest BCUT2D eigenvalue weighted by molar-refractivity contribution is -0.129. The molecule has 1 N–H and O–H groups in total. The molecule has 0 heterocycles. The second kappa shape index (κ2) is 6.00. The van der Waals surface area contributed by atoms with Crippen LogP contribution in [0.1, 0.15) is 26.7 Å². The van der Waals surface area contributed by atoms with Crippen LogP contribution in [0.25, 0.3) is 0 Å². The van der Waals surface area contributed by atoms with Crippen LogP contribution in [0.2, 0.25) is 0 Å². The van der Waals surface area contributed by atoms with Crippen LogP contribution >= 0.6 is 0 Å². The number of nitrogens with zero attached hydrogens (tertiary/aromatic N) is 1. The van der Waals surface area contributed by atoms with Crippen LogP contribution in [-0.2, 0) is 4.79 Å². The van der Waals surface area contributed by atoms with E-state index in [0.717, 1.165) is 13.0 Å². The van der Waals surface area contributed by atoms with Crippen molar-refractivity contribution in [2.24, 2.45) is 0 Å². The first-order valence-corrected chi connectivity index (χ1v) is 4.53. The van der Waals surface area contributed by atoms with E-state index in [0.29, 0.717) is 12.5 Å². The number of nitrogens with one attached hydrogen (secondary N) is 1. The van der Waals surface area contributed by atoms with E-state index in [-0.39, 0.29) is 5.91 Å². The molecular formula is C9H20N2O. The molecule has 0 spiro atoms. The largest absolute Gasteiger partial charge is 0.346 e. The van der Waals surface area contributed by atoms with E-state index in [2.05, 4.69) is 12.2 Å². The van der Waals surface area contributed by atoms with Gasteiger partial charge in [0.05, 0.1) is 0 Å². The Morgan fingerprint density at radius 2 is 2.17 bits per heavy atom. The van der Waals surface area contributed by atoms with Crippen molar-refractivity contribution in [2.75, 3.05) is 20.6 Å². The molecule has 0 fully saturated rings. The highest BCUT2D eigenvalue weighted by atomic mass is 16.2. The Morgan fingerprint density at radius 1 is 1.58 bits per heavy atom. The third-order valence-corrected chi connectivity index (χ3v) is 2.18. The van der Waals surface area contributed by atoms with Crippen LogP contribution in [0.15, 0.2) is 0 Å². The molecule has 0 radical (unpaired) electrons. The summed E-state index contributed by atoms with van der Waals surface area (Å²) in [6.45, 7) is 4.87. The maximum Gasteiger partial charge on any atom is 0.222 e. The molecule has 12 heavy (non-hydrogen) atoms. The molecule has 1 amide bonds. The van der Waals surface area contributed by atoms with E-state index >= 15 is 0 Å². The summed E-state index contributed by atoms with van der Waals surface area (Å²) < 4.78 is 0. The zero-order chi connectivity index (χ0) is 9.56. The molecule has 0 aromatic rings. The highest BCUT2D eigenvalue weighted by Crippen LogP contribution is 1.98. The number of amides is 1. The molecule has 0 aliphatic rings. The number of carbonyl (C=O) groups is 1. The van der Waals surface area contributed by atoms with E-state index in [4.69, 9.17) is 0 Å². The summed E-state index contributed by atoms with van der Waals surface area (Å²) in [7, 11) is 3.76. The topological polar surface area (TPSA) is 32.3 Å². The monoisotopic (exact) mass is 172 g/mol. The quantitative estimate of drug-likeness (QED) is 0.667. The molecule has 3 heteroatoms. The number of hydrogen-bond donors (Lipinski definition) is 1. The summed E-state index contributed by atoms with van der Waals surface area (Å²) in [6.07, 6.45) is 1.56. The Kier molecular flexibility index (Phi) is 5.72. The van der Waals surface area contributed by atoms with Gasteiger partial charge in [-0.2, -0.15) is 0 Å². The number of rotatable bonds is 5. The van der Waals surface area contributed by atoms with Crippen molar-refractivity contribution < 1.29 is 4.79 Å². The average Bonchev–Trinajstić information content (AvgIpc) is 2.11. The molecular weight excluding hydrogens is 152 g/mol. The van der Waals surface area contributed by atoms with Crippen molar-refractivity contribution in [3.05, 3.63) is 0 Å². The van der Waals surface area contributed by atoms with Crippen molar-refractivity contribution in [3.63, 3.8) is 0 Å². The predicted octanol–water partition coefficient (Wildman–Crippen LogP) is 0.853. The molecule has 0 rings (SSSR count). The van der Waals surface area contributed by atoms with Gasteiger partial charge in [-0.25, -0.2) is 0 Å². The van der Waals surface area contributed by atoms with Crippen molar-refractivity contribution in [2.45, 2.75) is 32.7 Å².